The molecule has 0 amide bonds. The van der Waals surface area contributed by atoms with Crippen molar-refractivity contribution in [2.45, 2.75) is 18.4 Å². The SMILES string of the molecule is CCNCc1sc2ccccc2c1S(=O)(=O)NCCSC. The van der Waals surface area contributed by atoms with Crippen LogP contribution >= 0.6 is 23.1 Å². The molecule has 0 saturated carbocycles. The van der Waals surface area contributed by atoms with E-state index in [0.29, 0.717) is 18.0 Å². The molecule has 2 N–H and O–H groups in total. The van der Waals surface area contributed by atoms with Crippen molar-refractivity contribution in [2.24, 2.45) is 0 Å². The molecule has 1 heterocycles. The topological polar surface area (TPSA) is 58.2 Å². The van der Waals surface area contributed by atoms with Gasteiger partial charge in [-0.25, -0.2) is 13.1 Å². The summed E-state index contributed by atoms with van der Waals surface area (Å²) in [4.78, 5) is 1.31. The predicted molar refractivity (Wildman–Crippen MR) is 92.8 cm³/mol. The van der Waals surface area contributed by atoms with E-state index in [-0.39, 0.29) is 0 Å². The molecule has 116 valence electrons. The van der Waals surface area contributed by atoms with Gasteiger partial charge in [0.05, 0.1) is 0 Å². The van der Waals surface area contributed by atoms with Crippen molar-refractivity contribution in [1.29, 1.82) is 0 Å². The minimum absolute atomic E-state index is 0.435. The number of benzene rings is 1. The van der Waals surface area contributed by atoms with Gasteiger partial charge in [0, 0.05) is 33.8 Å². The van der Waals surface area contributed by atoms with Gasteiger partial charge in [-0.1, -0.05) is 25.1 Å². The Kier molecular flexibility index (Phi) is 6.07. The number of nitrogens with one attached hydrogen (secondary N) is 2. The summed E-state index contributed by atoms with van der Waals surface area (Å²) >= 11 is 3.17. The van der Waals surface area contributed by atoms with E-state index in [0.717, 1.165) is 27.3 Å². The van der Waals surface area contributed by atoms with E-state index in [1.54, 1.807) is 23.1 Å². The molecule has 2 aromatic rings. The molecule has 21 heavy (non-hydrogen) atoms. The number of hydrogen-bond donors (Lipinski definition) is 2. The maximum absolute atomic E-state index is 12.6. The van der Waals surface area contributed by atoms with E-state index in [4.69, 9.17) is 0 Å². The third kappa shape index (κ3) is 3.98. The van der Waals surface area contributed by atoms with Crippen LogP contribution in [0.2, 0.25) is 0 Å². The third-order valence-electron chi connectivity index (χ3n) is 3.02. The van der Waals surface area contributed by atoms with Crippen LogP contribution in [-0.4, -0.2) is 33.5 Å². The molecule has 4 nitrogen and oxygen atoms in total. The second-order valence-electron chi connectivity index (χ2n) is 4.52. The third-order valence-corrected chi connectivity index (χ3v) is 6.52. The van der Waals surface area contributed by atoms with Gasteiger partial charge in [0.2, 0.25) is 10.0 Å². The Balaban J connectivity index is 2.43. The van der Waals surface area contributed by atoms with Crippen molar-refractivity contribution < 1.29 is 8.42 Å². The first kappa shape index (κ1) is 16.8. The van der Waals surface area contributed by atoms with Crippen LogP contribution in [0.5, 0.6) is 0 Å². The van der Waals surface area contributed by atoms with Gasteiger partial charge in [-0.3, -0.25) is 0 Å². The second kappa shape index (κ2) is 7.60. The Morgan fingerprint density at radius 3 is 2.76 bits per heavy atom. The molecule has 0 radical (unpaired) electrons. The molecule has 2 rings (SSSR count). The highest BCUT2D eigenvalue weighted by Gasteiger charge is 2.23. The molecule has 0 spiro atoms. The lowest BCUT2D eigenvalue weighted by Crippen LogP contribution is -2.27. The molecule has 0 bridgehead atoms. The normalized spacial score (nSPS) is 12.1. The number of fused-ring (bicyclic) bond motifs is 1. The van der Waals surface area contributed by atoms with Gasteiger partial charge in [0.1, 0.15) is 4.90 Å². The van der Waals surface area contributed by atoms with E-state index in [9.17, 15) is 8.42 Å². The number of rotatable bonds is 8. The zero-order valence-electron chi connectivity index (χ0n) is 12.2. The Hall–Kier alpha value is -0.600. The molecule has 0 aliphatic rings. The van der Waals surface area contributed by atoms with Crippen LogP contribution in [0.4, 0.5) is 0 Å². The highest BCUT2D eigenvalue weighted by Crippen LogP contribution is 2.34. The molecule has 0 aliphatic carbocycles. The van der Waals surface area contributed by atoms with Gasteiger partial charge in [0.25, 0.3) is 0 Å². The first-order valence-electron chi connectivity index (χ1n) is 6.80. The summed E-state index contributed by atoms with van der Waals surface area (Å²) in [6, 6.07) is 7.67. The summed E-state index contributed by atoms with van der Waals surface area (Å²) in [6.07, 6.45) is 1.96. The van der Waals surface area contributed by atoms with E-state index in [2.05, 4.69) is 10.0 Å². The standard InChI is InChI=1S/C14H20N2O2S3/c1-3-15-10-13-14(21(17,18)16-8-9-19-2)11-6-4-5-7-12(11)20-13/h4-7,15-16H,3,8-10H2,1-2H3. The smallest absolute Gasteiger partial charge is 0.242 e. The molecular formula is C14H20N2O2S3. The summed E-state index contributed by atoms with van der Waals surface area (Å²) in [7, 11) is -3.47. The average Bonchev–Trinajstić information content (AvgIpc) is 2.84. The average molecular weight is 345 g/mol. The van der Waals surface area contributed by atoms with Crippen LogP contribution in [0.1, 0.15) is 11.8 Å². The van der Waals surface area contributed by atoms with Crippen molar-refractivity contribution in [2.75, 3.05) is 25.1 Å². The maximum atomic E-state index is 12.6. The zero-order chi connectivity index (χ0) is 15.3. The van der Waals surface area contributed by atoms with E-state index < -0.39 is 10.0 Å². The van der Waals surface area contributed by atoms with Gasteiger partial charge in [0.15, 0.2) is 0 Å². The monoisotopic (exact) mass is 344 g/mol. The molecule has 1 aromatic heterocycles. The summed E-state index contributed by atoms with van der Waals surface area (Å²) in [5, 5.41) is 4.03. The summed E-state index contributed by atoms with van der Waals surface area (Å²) in [5.74, 6) is 0.768. The molecule has 0 aliphatic heterocycles. The van der Waals surface area contributed by atoms with Gasteiger partial charge >= 0.3 is 0 Å². The molecule has 7 heteroatoms. The highest BCUT2D eigenvalue weighted by molar-refractivity contribution is 7.98. The number of thiophene rings is 1. The first-order valence-corrected chi connectivity index (χ1v) is 10.5. The van der Waals surface area contributed by atoms with Crippen LogP contribution < -0.4 is 10.0 Å². The van der Waals surface area contributed by atoms with Crippen molar-refractivity contribution in [3.8, 4) is 0 Å². The lowest BCUT2D eigenvalue weighted by atomic mass is 10.2. The van der Waals surface area contributed by atoms with Crippen LogP contribution in [0.3, 0.4) is 0 Å². The number of thioether (sulfide) groups is 1. The van der Waals surface area contributed by atoms with Crippen LogP contribution in [0.25, 0.3) is 10.1 Å². The minimum Gasteiger partial charge on any atom is -0.312 e. The van der Waals surface area contributed by atoms with E-state index in [1.807, 2.05) is 37.4 Å². The highest BCUT2D eigenvalue weighted by atomic mass is 32.2. The zero-order valence-corrected chi connectivity index (χ0v) is 14.6. The van der Waals surface area contributed by atoms with Crippen molar-refractivity contribution in [3.63, 3.8) is 0 Å². The second-order valence-corrected chi connectivity index (χ2v) is 8.35. The fourth-order valence-corrected chi connectivity index (χ4v) is 5.45. The van der Waals surface area contributed by atoms with Crippen LogP contribution in [0.15, 0.2) is 29.2 Å². The first-order chi connectivity index (χ1) is 10.1. The fraction of sp³-hybridized carbons (Fsp3) is 0.429. The number of sulfonamides is 1. The molecule has 0 saturated heterocycles. The maximum Gasteiger partial charge on any atom is 0.242 e. The summed E-state index contributed by atoms with van der Waals surface area (Å²) < 4.78 is 29.0. The van der Waals surface area contributed by atoms with Crippen LogP contribution in [-0.2, 0) is 16.6 Å². The van der Waals surface area contributed by atoms with Gasteiger partial charge < -0.3 is 5.32 Å². The van der Waals surface area contributed by atoms with Crippen molar-refractivity contribution in [1.82, 2.24) is 10.0 Å². The summed E-state index contributed by atoms with van der Waals surface area (Å²) in [6.45, 7) is 3.86. The van der Waals surface area contributed by atoms with E-state index >= 15 is 0 Å². The largest absolute Gasteiger partial charge is 0.312 e. The molecule has 1 aromatic carbocycles. The lowest BCUT2D eigenvalue weighted by Gasteiger charge is -2.08. The van der Waals surface area contributed by atoms with Crippen molar-refractivity contribution >= 4 is 43.2 Å². The fourth-order valence-electron chi connectivity index (χ4n) is 2.07. The van der Waals surface area contributed by atoms with E-state index in [1.165, 1.54) is 0 Å². The lowest BCUT2D eigenvalue weighted by molar-refractivity contribution is 0.583. The molecule has 0 atom stereocenters. The van der Waals surface area contributed by atoms with Gasteiger partial charge in [-0.2, -0.15) is 11.8 Å². The quantitative estimate of drug-likeness (QED) is 0.723. The van der Waals surface area contributed by atoms with Gasteiger partial charge in [-0.15, -0.1) is 11.3 Å². The summed E-state index contributed by atoms with van der Waals surface area (Å²) in [5.41, 5.74) is 0. The van der Waals surface area contributed by atoms with Crippen molar-refractivity contribution in [3.05, 3.63) is 29.1 Å². The Morgan fingerprint density at radius 2 is 2.05 bits per heavy atom. The molecule has 0 fully saturated rings. The predicted octanol–water partition coefficient (Wildman–Crippen LogP) is 2.65. The Labute approximate surface area is 134 Å². The number of hydrogen-bond acceptors (Lipinski definition) is 5. The van der Waals surface area contributed by atoms with Crippen LogP contribution in [0, 0.1) is 0 Å². The Bertz CT molecular complexity index is 695. The molecule has 0 unspecified atom stereocenters. The molecular weight excluding hydrogens is 324 g/mol. The minimum atomic E-state index is -3.47. The van der Waals surface area contributed by atoms with Gasteiger partial charge in [-0.05, 0) is 18.9 Å². The Morgan fingerprint density at radius 1 is 1.29 bits per heavy atom.